The average molecular weight is 417 g/mol. The highest BCUT2D eigenvalue weighted by molar-refractivity contribution is 9.11. The molecule has 0 radical (unpaired) electrons. The standard InChI is InChI=1S/C16H19Br2NS/c1-3-8-19-15(10-12-5-7-16(18)20-12)13-9-11(2)4-6-14(13)17/h4-7,9,15,19H,3,8,10H2,1-2H3. The van der Waals surface area contributed by atoms with Gasteiger partial charge in [0.2, 0.25) is 0 Å². The van der Waals surface area contributed by atoms with Crippen LogP contribution in [0.15, 0.2) is 38.6 Å². The summed E-state index contributed by atoms with van der Waals surface area (Å²) in [5.41, 5.74) is 2.65. The molecule has 1 heterocycles. The van der Waals surface area contributed by atoms with E-state index in [0.717, 1.165) is 19.4 Å². The summed E-state index contributed by atoms with van der Waals surface area (Å²) in [4.78, 5) is 1.40. The lowest BCUT2D eigenvalue weighted by molar-refractivity contribution is 0.530. The third kappa shape index (κ3) is 4.42. The van der Waals surface area contributed by atoms with E-state index in [0.29, 0.717) is 6.04 Å². The van der Waals surface area contributed by atoms with E-state index in [1.165, 1.54) is 24.3 Å². The maximum atomic E-state index is 3.70. The second-order valence-electron chi connectivity index (χ2n) is 4.94. The molecule has 1 atom stereocenters. The van der Waals surface area contributed by atoms with Crippen molar-refractivity contribution in [3.05, 3.63) is 54.6 Å². The zero-order chi connectivity index (χ0) is 14.5. The van der Waals surface area contributed by atoms with Crippen molar-refractivity contribution >= 4 is 43.2 Å². The van der Waals surface area contributed by atoms with E-state index in [9.17, 15) is 0 Å². The second kappa shape index (κ2) is 7.74. The van der Waals surface area contributed by atoms with Crippen LogP contribution in [0.5, 0.6) is 0 Å². The molecule has 0 aliphatic rings. The first-order valence-electron chi connectivity index (χ1n) is 6.83. The zero-order valence-corrected chi connectivity index (χ0v) is 15.7. The molecule has 0 saturated heterocycles. The van der Waals surface area contributed by atoms with Crippen LogP contribution < -0.4 is 5.32 Å². The van der Waals surface area contributed by atoms with Crippen molar-refractivity contribution in [2.24, 2.45) is 0 Å². The van der Waals surface area contributed by atoms with Crippen LogP contribution in [0, 0.1) is 6.92 Å². The Balaban J connectivity index is 2.24. The van der Waals surface area contributed by atoms with Crippen molar-refractivity contribution < 1.29 is 0 Å². The normalized spacial score (nSPS) is 12.6. The van der Waals surface area contributed by atoms with Crippen LogP contribution in [0.2, 0.25) is 0 Å². The molecule has 0 aliphatic heterocycles. The minimum atomic E-state index is 0.356. The van der Waals surface area contributed by atoms with Crippen LogP contribution in [0.4, 0.5) is 0 Å². The Hall–Kier alpha value is -0.160. The molecule has 20 heavy (non-hydrogen) atoms. The highest BCUT2D eigenvalue weighted by atomic mass is 79.9. The van der Waals surface area contributed by atoms with Gasteiger partial charge in [-0.2, -0.15) is 0 Å². The summed E-state index contributed by atoms with van der Waals surface area (Å²) in [6.45, 7) is 5.39. The Morgan fingerprint density at radius 1 is 1.20 bits per heavy atom. The predicted octanol–water partition coefficient (Wildman–Crippen LogP) is 5.86. The van der Waals surface area contributed by atoms with Gasteiger partial charge in [0, 0.05) is 21.8 Å². The highest BCUT2D eigenvalue weighted by Crippen LogP contribution is 2.30. The second-order valence-corrected chi connectivity index (χ2v) is 8.34. The van der Waals surface area contributed by atoms with Gasteiger partial charge in [-0.15, -0.1) is 11.3 Å². The van der Waals surface area contributed by atoms with Crippen LogP contribution in [0.3, 0.4) is 0 Å². The van der Waals surface area contributed by atoms with Crippen LogP contribution in [-0.2, 0) is 6.42 Å². The molecule has 1 nitrogen and oxygen atoms in total. The Morgan fingerprint density at radius 2 is 2.00 bits per heavy atom. The molecule has 0 spiro atoms. The fourth-order valence-corrected chi connectivity index (χ4v) is 4.26. The van der Waals surface area contributed by atoms with Gasteiger partial charge in [0.25, 0.3) is 0 Å². The summed E-state index contributed by atoms with van der Waals surface area (Å²) in [6, 6.07) is 11.3. The number of aryl methyl sites for hydroxylation is 1. The zero-order valence-electron chi connectivity index (χ0n) is 11.7. The fourth-order valence-electron chi connectivity index (χ4n) is 2.20. The lowest BCUT2D eigenvalue weighted by atomic mass is 10.0. The van der Waals surface area contributed by atoms with Crippen LogP contribution in [-0.4, -0.2) is 6.54 Å². The van der Waals surface area contributed by atoms with E-state index in [-0.39, 0.29) is 0 Å². The van der Waals surface area contributed by atoms with E-state index in [1.807, 2.05) is 11.3 Å². The Labute approximate surface area is 142 Å². The Kier molecular flexibility index (Phi) is 6.27. The maximum absolute atomic E-state index is 3.70. The van der Waals surface area contributed by atoms with Gasteiger partial charge in [0.05, 0.1) is 3.79 Å². The summed E-state index contributed by atoms with van der Waals surface area (Å²) in [6.07, 6.45) is 2.17. The summed E-state index contributed by atoms with van der Waals surface area (Å²) < 4.78 is 2.39. The number of hydrogen-bond donors (Lipinski definition) is 1. The number of thiophene rings is 1. The van der Waals surface area contributed by atoms with Crippen LogP contribution in [0.25, 0.3) is 0 Å². The number of benzene rings is 1. The summed E-state index contributed by atoms with van der Waals surface area (Å²) in [5.74, 6) is 0. The quantitative estimate of drug-likeness (QED) is 0.621. The molecule has 1 unspecified atom stereocenters. The summed E-state index contributed by atoms with van der Waals surface area (Å²) >= 11 is 9.06. The van der Waals surface area contributed by atoms with Crippen LogP contribution >= 0.6 is 43.2 Å². The minimum Gasteiger partial charge on any atom is -0.310 e. The first-order valence-corrected chi connectivity index (χ1v) is 9.24. The smallest absolute Gasteiger partial charge is 0.0701 e. The van der Waals surface area contributed by atoms with Crippen LogP contribution in [0.1, 0.15) is 35.4 Å². The number of halogens is 2. The average Bonchev–Trinajstić information content (AvgIpc) is 2.83. The SMILES string of the molecule is CCCNC(Cc1ccc(Br)s1)c1cc(C)ccc1Br. The predicted molar refractivity (Wildman–Crippen MR) is 95.6 cm³/mol. The number of nitrogens with one attached hydrogen (secondary N) is 1. The minimum absolute atomic E-state index is 0.356. The maximum Gasteiger partial charge on any atom is 0.0701 e. The largest absolute Gasteiger partial charge is 0.310 e. The van der Waals surface area contributed by atoms with Crippen molar-refractivity contribution in [3.8, 4) is 0 Å². The molecule has 0 amide bonds. The molecule has 1 aromatic heterocycles. The van der Waals surface area contributed by atoms with E-state index in [1.54, 1.807) is 0 Å². The molecular formula is C16H19Br2NS. The van der Waals surface area contributed by atoms with Crippen molar-refractivity contribution in [1.82, 2.24) is 5.32 Å². The molecule has 4 heteroatoms. The van der Waals surface area contributed by atoms with Gasteiger partial charge in [-0.1, -0.05) is 40.5 Å². The molecule has 0 saturated carbocycles. The molecule has 2 rings (SSSR count). The molecule has 0 fully saturated rings. The van der Waals surface area contributed by atoms with E-state index in [4.69, 9.17) is 0 Å². The van der Waals surface area contributed by atoms with E-state index in [2.05, 4.69) is 81.4 Å². The topological polar surface area (TPSA) is 12.0 Å². The lowest BCUT2D eigenvalue weighted by Gasteiger charge is -2.20. The van der Waals surface area contributed by atoms with Crippen molar-refractivity contribution in [2.75, 3.05) is 6.54 Å². The van der Waals surface area contributed by atoms with Crippen molar-refractivity contribution in [3.63, 3.8) is 0 Å². The first kappa shape index (κ1) is 16.2. The Bertz CT molecular complexity index is 565. The van der Waals surface area contributed by atoms with Gasteiger partial charge in [0.1, 0.15) is 0 Å². The lowest BCUT2D eigenvalue weighted by Crippen LogP contribution is -2.24. The summed E-state index contributed by atoms with van der Waals surface area (Å²) in [5, 5.41) is 3.67. The molecule has 2 aromatic rings. The third-order valence-electron chi connectivity index (χ3n) is 3.20. The third-order valence-corrected chi connectivity index (χ3v) is 5.57. The van der Waals surface area contributed by atoms with E-state index < -0.39 is 0 Å². The van der Waals surface area contributed by atoms with Gasteiger partial charge < -0.3 is 5.32 Å². The monoisotopic (exact) mass is 415 g/mol. The molecule has 1 N–H and O–H groups in total. The molecule has 0 aliphatic carbocycles. The van der Waals surface area contributed by atoms with Crippen molar-refractivity contribution in [2.45, 2.75) is 32.7 Å². The summed E-state index contributed by atoms with van der Waals surface area (Å²) in [7, 11) is 0. The van der Waals surface area contributed by atoms with Crippen molar-refractivity contribution in [1.29, 1.82) is 0 Å². The van der Waals surface area contributed by atoms with Gasteiger partial charge >= 0.3 is 0 Å². The van der Waals surface area contributed by atoms with Gasteiger partial charge in [0.15, 0.2) is 0 Å². The van der Waals surface area contributed by atoms with Gasteiger partial charge in [-0.3, -0.25) is 0 Å². The Morgan fingerprint density at radius 3 is 2.65 bits per heavy atom. The molecule has 1 aromatic carbocycles. The molecule has 0 bridgehead atoms. The first-order chi connectivity index (χ1) is 9.60. The van der Waals surface area contributed by atoms with Gasteiger partial charge in [-0.05, 0) is 59.6 Å². The molecule has 108 valence electrons. The highest BCUT2D eigenvalue weighted by Gasteiger charge is 2.15. The molecular weight excluding hydrogens is 398 g/mol. The van der Waals surface area contributed by atoms with E-state index >= 15 is 0 Å². The van der Waals surface area contributed by atoms with Gasteiger partial charge in [-0.25, -0.2) is 0 Å². The number of hydrogen-bond acceptors (Lipinski definition) is 2. The number of rotatable bonds is 6. The fraction of sp³-hybridized carbons (Fsp3) is 0.375.